The lowest BCUT2D eigenvalue weighted by Gasteiger charge is -2.13. The van der Waals surface area contributed by atoms with Crippen LogP contribution in [-0.2, 0) is 4.79 Å². The van der Waals surface area contributed by atoms with Crippen molar-refractivity contribution in [3.63, 3.8) is 0 Å². The molecule has 0 radical (unpaired) electrons. The van der Waals surface area contributed by atoms with Crippen molar-refractivity contribution in [1.29, 1.82) is 0 Å². The molecule has 0 spiro atoms. The summed E-state index contributed by atoms with van der Waals surface area (Å²) in [6.45, 7) is 1.94. The summed E-state index contributed by atoms with van der Waals surface area (Å²) in [6.07, 6.45) is 0. The molecule has 3 aromatic rings. The second-order valence-corrected chi connectivity index (χ2v) is 6.85. The first-order valence-electron chi connectivity index (χ1n) is 8.63. The fourth-order valence-electron chi connectivity index (χ4n) is 2.59. The van der Waals surface area contributed by atoms with E-state index in [4.69, 9.17) is 13.9 Å². The maximum atomic E-state index is 12.2. The minimum absolute atomic E-state index is 0.0730. The van der Waals surface area contributed by atoms with Gasteiger partial charge in [-0.05, 0) is 24.6 Å². The zero-order valence-corrected chi connectivity index (χ0v) is 16.7. The van der Waals surface area contributed by atoms with E-state index in [-0.39, 0.29) is 17.7 Å². The average Bonchev–Trinajstić information content (AvgIpc) is 3.21. The summed E-state index contributed by atoms with van der Waals surface area (Å²) in [6, 6.07) is 15.0. The SMILES string of the molecule is COc1ccc(-c2nnc(SCC(=O)N[C@@H](C)c3ccccc3)o2)c(OC)c1. The van der Waals surface area contributed by atoms with Crippen LogP contribution in [0.3, 0.4) is 0 Å². The fraction of sp³-hybridized carbons (Fsp3) is 0.250. The van der Waals surface area contributed by atoms with Gasteiger partial charge in [0.15, 0.2) is 0 Å². The molecule has 1 amide bonds. The fourth-order valence-corrected chi connectivity index (χ4v) is 3.16. The van der Waals surface area contributed by atoms with Crippen molar-refractivity contribution in [3.8, 4) is 23.0 Å². The number of amides is 1. The maximum absolute atomic E-state index is 12.2. The second-order valence-electron chi connectivity index (χ2n) is 5.93. The Morgan fingerprint density at radius 2 is 1.93 bits per heavy atom. The summed E-state index contributed by atoms with van der Waals surface area (Å²) in [5, 5.41) is 11.3. The van der Waals surface area contributed by atoms with E-state index in [1.54, 1.807) is 32.4 Å². The Bertz CT molecular complexity index is 930. The van der Waals surface area contributed by atoms with Crippen LogP contribution in [0.25, 0.3) is 11.5 Å². The lowest BCUT2D eigenvalue weighted by Crippen LogP contribution is -2.28. The number of benzene rings is 2. The van der Waals surface area contributed by atoms with Crippen LogP contribution in [0.15, 0.2) is 58.2 Å². The van der Waals surface area contributed by atoms with Gasteiger partial charge in [-0.1, -0.05) is 42.1 Å². The van der Waals surface area contributed by atoms with Crippen LogP contribution in [0.4, 0.5) is 0 Å². The van der Waals surface area contributed by atoms with E-state index in [0.717, 1.165) is 5.56 Å². The van der Waals surface area contributed by atoms with E-state index < -0.39 is 0 Å². The zero-order valence-electron chi connectivity index (χ0n) is 15.8. The van der Waals surface area contributed by atoms with Crippen molar-refractivity contribution in [1.82, 2.24) is 15.5 Å². The van der Waals surface area contributed by atoms with Crippen molar-refractivity contribution < 1.29 is 18.7 Å². The highest BCUT2D eigenvalue weighted by atomic mass is 32.2. The predicted molar refractivity (Wildman–Crippen MR) is 107 cm³/mol. The first-order valence-corrected chi connectivity index (χ1v) is 9.62. The summed E-state index contributed by atoms with van der Waals surface area (Å²) in [7, 11) is 3.14. The van der Waals surface area contributed by atoms with Gasteiger partial charge in [-0.2, -0.15) is 0 Å². The summed E-state index contributed by atoms with van der Waals surface area (Å²) in [5.41, 5.74) is 1.71. The van der Waals surface area contributed by atoms with Crippen LogP contribution in [0.5, 0.6) is 11.5 Å². The number of thioether (sulfide) groups is 1. The van der Waals surface area contributed by atoms with Crippen molar-refractivity contribution >= 4 is 17.7 Å². The Labute approximate surface area is 167 Å². The third-order valence-electron chi connectivity index (χ3n) is 4.05. The van der Waals surface area contributed by atoms with Crippen molar-refractivity contribution in [2.75, 3.05) is 20.0 Å². The van der Waals surface area contributed by atoms with Crippen LogP contribution in [0, 0.1) is 0 Å². The van der Waals surface area contributed by atoms with Crippen molar-refractivity contribution in [2.45, 2.75) is 18.2 Å². The quantitative estimate of drug-likeness (QED) is 0.578. The molecule has 28 heavy (non-hydrogen) atoms. The minimum atomic E-state index is -0.108. The molecule has 7 nitrogen and oxygen atoms in total. The van der Waals surface area contributed by atoms with Gasteiger partial charge < -0.3 is 19.2 Å². The first-order chi connectivity index (χ1) is 13.6. The van der Waals surface area contributed by atoms with Gasteiger partial charge in [0.1, 0.15) is 11.5 Å². The van der Waals surface area contributed by atoms with E-state index >= 15 is 0 Å². The molecule has 3 rings (SSSR count). The van der Waals surface area contributed by atoms with Gasteiger partial charge >= 0.3 is 0 Å². The van der Waals surface area contributed by atoms with Gasteiger partial charge in [-0.25, -0.2) is 0 Å². The average molecular weight is 399 g/mol. The van der Waals surface area contributed by atoms with E-state index in [9.17, 15) is 4.79 Å². The summed E-state index contributed by atoms with van der Waals surface area (Å²) in [5.74, 6) is 1.62. The molecule has 1 atom stereocenters. The highest BCUT2D eigenvalue weighted by Crippen LogP contribution is 2.33. The lowest BCUT2D eigenvalue weighted by molar-refractivity contribution is -0.119. The number of aromatic nitrogens is 2. The highest BCUT2D eigenvalue weighted by Gasteiger charge is 2.16. The Morgan fingerprint density at radius 3 is 2.64 bits per heavy atom. The van der Waals surface area contributed by atoms with E-state index in [2.05, 4.69) is 15.5 Å². The van der Waals surface area contributed by atoms with Gasteiger partial charge in [-0.15, -0.1) is 10.2 Å². The lowest BCUT2D eigenvalue weighted by atomic mass is 10.1. The largest absolute Gasteiger partial charge is 0.497 e. The number of carbonyl (C=O) groups is 1. The third kappa shape index (κ3) is 4.83. The number of nitrogens with one attached hydrogen (secondary N) is 1. The van der Waals surface area contributed by atoms with Gasteiger partial charge in [0, 0.05) is 6.07 Å². The molecular formula is C20H21N3O4S. The van der Waals surface area contributed by atoms with Gasteiger partial charge in [-0.3, -0.25) is 4.79 Å². The molecule has 0 saturated heterocycles. The molecule has 0 saturated carbocycles. The number of carbonyl (C=O) groups excluding carboxylic acids is 1. The molecule has 0 aliphatic heterocycles. The van der Waals surface area contributed by atoms with Gasteiger partial charge in [0.05, 0.1) is 31.6 Å². The monoisotopic (exact) mass is 399 g/mol. The van der Waals surface area contributed by atoms with Crippen LogP contribution in [0.1, 0.15) is 18.5 Å². The minimum Gasteiger partial charge on any atom is -0.497 e. The number of ether oxygens (including phenoxy) is 2. The molecule has 8 heteroatoms. The number of hydrogen-bond acceptors (Lipinski definition) is 7. The first kappa shape index (κ1) is 19.8. The van der Waals surface area contributed by atoms with E-state index in [1.807, 2.05) is 37.3 Å². The number of rotatable bonds is 8. The van der Waals surface area contributed by atoms with Crippen molar-refractivity contribution in [3.05, 3.63) is 54.1 Å². The molecular weight excluding hydrogens is 378 g/mol. The summed E-state index contributed by atoms with van der Waals surface area (Å²) >= 11 is 1.18. The molecule has 0 aliphatic rings. The maximum Gasteiger partial charge on any atom is 0.277 e. The smallest absolute Gasteiger partial charge is 0.277 e. The molecule has 1 N–H and O–H groups in total. The normalized spacial score (nSPS) is 11.7. The number of hydrogen-bond donors (Lipinski definition) is 1. The molecule has 0 unspecified atom stereocenters. The Balaban J connectivity index is 1.60. The molecule has 1 aromatic heterocycles. The van der Waals surface area contributed by atoms with Crippen LogP contribution >= 0.6 is 11.8 Å². The summed E-state index contributed by atoms with van der Waals surface area (Å²) in [4.78, 5) is 12.2. The Hall–Kier alpha value is -3.00. The van der Waals surface area contributed by atoms with Gasteiger partial charge in [0.25, 0.3) is 11.1 Å². The zero-order chi connectivity index (χ0) is 19.9. The molecule has 2 aromatic carbocycles. The van der Waals surface area contributed by atoms with E-state index in [1.165, 1.54) is 11.8 Å². The number of methoxy groups -OCH3 is 2. The Morgan fingerprint density at radius 1 is 1.14 bits per heavy atom. The molecule has 0 bridgehead atoms. The van der Waals surface area contributed by atoms with Crippen molar-refractivity contribution in [2.24, 2.45) is 0 Å². The molecule has 1 heterocycles. The standard InChI is InChI=1S/C20H21N3O4S/c1-13(14-7-5-4-6-8-14)21-18(24)12-28-20-23-22-19(27-20)16-10-9-15(25-2)11-17(16)26-3/h4-11,13H,12H2,1-3H3,(H,21,24)/t13-/m0/s1. The summed E-state index contributed by atoms with van der Waals surface area (Å²) < 4.78 is 16.2. The predicted octanol–water partition coefficient (Wildman–Crippen LogP) is 3.72. The van der Waals surface area contributed by atoms with Crippen LogP contribution in [-0.4, -0.2) is 36.1 Å². The highest BCUT2D eigenvalue weighted by molar-refractivity contribution is 7.99. The molecule has 0 aliphatic carbocycles. The third-order valence-corrected chi connectivity index (χ3v) is 4.87. The second kappa shape index (κ2) is 9.27. The van der Waals surface area contributed by atoms with Gasteiger partial charge in [0.2, 0.25) is 5.91 Å². The van der Waals surface area contributed by atoms with Crippen LogP contribution in [0.2, 0.25) is 0 Å². The topological polar surface area (TPSA) is 86.5 Å². The Kier molecular flexibility index (Phi) is 6.54. The van der Waals surface area contributed by atoms with E-state index in [0.29, 0.717) is 28.2 Å². The molecule has 146 valence electrons. The molecule has 0 fully saturated rings. The number of nitrogens with zero attached hydrogens (tertiary/aromatic N) is 2. The van der Waals surface area contributed by atoms with Crippen LogP contribution < -0.4 is 14.8 Å².